The van der Waals surface area contributed by atoms with E-state index in [1.165, 1.54) is 24.5 Å². The number of alkyl halides is 3. The van der Waals surface area contributed by atoms with E-state index >= 15 is 0 Å². The second-order valence-electron chi connectivity index (χ2n) is 2.89. The van der Waals surface area contributed by atoms with Crippen LogP contribution in [0.4, 0.5) is 13.2 Å². The molecular weight excluding hydrogens is 205 g/mol. The minimum Gasteiger partial charge on any atom is -0.345 e. The third-order valence-electron chi connectivity index (χ3n) is 1.90. The number of aromatic nitrogens is 2. The van der Waals surface area contributed by atoms with Crippen molar-refractivity contribution in [2.24, 2.45) is 0 Å². The monoisotopic (exact) mass is 211 g/mol. The van der Waals surface area contributed by atoms with Crippen molar-refractivity contribution in [3.63, 3.8) is 0 Å². The van der Waals surface area contributed by atoms with Crippen LogP contribution in [0.25, 0.3) is 11.4 Å². The molecule has 2 aromatic rings. The molecule has 2 rings (SSSR count). The molecule has 1 aromatic heterocycles. The summed E-state index contributed by atoms with van der Waals surface area (Å²) in [6.45, 7) is 0. The molecule has 1 heterocycles. The van der Waals surface area contributed by atoms with Crippen LogP contribution in [0.2, 0.25) is 0 Å². The number of aromatic amines is 1. The van der Waals surface area contributed by atoms with Crippen LogP contribution in [-0.4, -0.2) is 9.97 Å². The Morgan fingerprint density at radius 3 is 2.73 bits per heavy atom. The maximum Gasteiger partial charge on any atom is 0.417 e. The van der Waals surface area contributed by atoms with Crippen LogP contribution in [-0.2, 0) is 6.18 Å². The highest BCUT2D eigenvalue weighted by atomic mass is 19.4. The molecule has 0 atom stereocenters. The molecule has 15 heavy (non-hydrogen) atoms. The molecule has 0 amide bonds. The van der Waals surface area contributed by atoms with Crippen molar-refractivity contribution in [1.29, 1.82) is 0 Å². The van der Waals surface area contributed by atoms with Crippen LogP contribution in [0.15, 0.2) is 30.6 Å². The SMILES string of the molecule is FC(F)(F)c1ccc[c]c1-c1ncc[nH]1. The highest BCUT2D eigenvalue weighted by molar-refractivity contribution is 5.60. The lowest BCUT2D eigenvalue weighted by atomic mass is 10.1. The average Bonchev–Trinajstić information content (AvgIpc) is 2.69. The van der Waals surface area contributed by atoms with Crippen molar-refractivity contribution in [3.05, 3.63) is 42.2 Å². The smallest absolute Gasteiger partial charge is 0.345 e. The van der Waals surface area contributed by atoms with E-state index in [-0.39, 0.29) is 11.4 Å². The zero-order valence-electron chi connectivity index (χ0n) is 7.47. The summed E-state index contributed by atoms with van der Waals surface area (Å²) in [6, 6.07) is 6.27. The van der Waals surface area contributed by atoms with Crippen LogP contribution in [0.3, 0.4) is 0 Å². The number of rotatable bonds is 1. The van der Waals surface area contributed by atoms with Gasteiger partial charge in [0.15, 0.2) is 0 Å². The molecule has 1 radical (unpaired) electrons. The molecule has 1 N–H and O–H groups in total. The van der Waals surface area contributed by atoms with Crippen LogP contribution in [0, 0.1) is 6.07 Å². The van der Waals surface area contributed by atoms with Gasteiger partial charge in [0.2, 0.25) is 0 Å². The van der Waals surface area contributed by atoms with Gasteiger partial charge in [0.05, 0.1) is 5.56 Å². The summed E-state index contributed by atoms with van der Waals surface area (Å²) in [4.78, 5) is 6.40. The Morgan fingerprint density at radius 2 is 2.13 bits per heavy atom. The summed E-state index contributed by atoms with van der Waals surface area (Å²) in [7, 11) is 0. The minimum atomic E-state index is -4.39. The number of nitrogens with zero attached hydrogens (tertiary/aromatic N) is 1. The van der Waals surface area contributed by atoms with Crippen LogP contribution in [0.5, 0.6) is 0 Å². The van der Waals surface area contributed by atoms with Crippen LogP contribution >= 0.6 is 0 Å². The fourth-order valence-electron chi connectivity index (χ4n) is 1.27. The number of halogens is 3. The first-order chi connectivity index (χ1) is 7.09. The lowest BCUT2D eigenvalue weighted by molar-refractivity contribution is -0.137. The van der Waals surface area contributed by atoms with Gasteiger partial charge in [-0.15, -0.1) is 0 Å². The van der Waals surface area contributed by atoms with E-state index in [9.17, 15) is 13.2 Å². The maximum atomic E-state index is 12.6. The average molecular weight is 211 g/mol. The molecule has 0 aliphatic heterocycles. The molecule has 0 saturated carbocycles. The van der Waals surface area contributed by atoms with E-state index in [1.807, 2.05) is 0 Å². The van der Waals surface area contributed by atoms with Gasteiger partial charge in [-0.05, 0) is 12.1 Å². The van der Waals surface area contributed by atoms with Gasteiger partial charge in [0, 0.05) is 18.0 Å². The van der Waals surface area contributed by atoms with E-state index in [2.05, 4.69) is 16.0 Å². The van der Waals surface area contributed by atoms with Gasteiger partial charge < -0.3 is 4.98 Å². The summed E-state index contributed by atoms with van der Waals surface area (Å²) < 4.78 is 37.7. The van der Waals surface area contributed by atoms with Gasteiger partial charge in [0.1, 0.15) is 5.82 Å². The Morgan fingerprint density at radius 1 is 1.33 bits per heavy atom. The first kappa shape index (κ1) is 9.76. The van der Waals surface area contributed by atoms with Crippen molar-refractivity contribution in [1.82, 2.24) is 9.97 Å². The quantitative estimate of drug-likeness (QED) is 0.771. The molecule has 0 spiro atoms. The van der Waals surface area contributed by atoms with Gasteiger partial charge in [-0.1, -0.05) is 12.1 Å². The summed E-state index contributed by atoms with van der Waals surface area (Å²) in [5.41, 5.74) is -0.796. The molecular formula is C10H6F3N2. The predicted molar refractivity (Wildman–Crippen MR) is 47.9 cm³/mol. The summed E-state index contributed by atoms with van der Waals surface area (Å²) in [6.07, 6.45) is -1.52. The highest BCUT2D eigenvalue weighted by Gasteiger charge is 2.33. The Kier molecular flexibility index (Phi) is 2.22. The zero-order chi connectivity index (χ0) is 10.9. The first-order valence-electron chi connectivity index (χ1n) is 4.16. The summed E-state index contributed by atoms with van der Waals surface area (Å²) in [5, 5.41) is 0. The highest BCUT2D eigenvalue weighted by Crippen LogP contribution is 2.35. The zero-order valence-corrected chi connectivity index (χ0v) is 7.47. The minimum absolute atomic E-state index is 0.0602. The van der Waals surface area contributed by atoms with Gasteiger partial charge in [-0.2, -0.15) is 13.2 Å². The Bertz CT molecular complexity index is 446. The summed E-state index contributed by atoms with van der Waals surface area (Å²) in [5.74, 6) is 0.169. The van der Waals surface area contributed by atoms with Gasteiger partial charge in [0.25, 0.3) is 0 Å². The summed E-state index contributed by atoms with van der Waals surface area (Å²) >= 11 is 0. The molecule has 0 fully saturated rings. The van der Waals surface area contributed by atoms with Gasteiger partial charge in [-0.3, -0.25) is 0 Å². The lowest BCUT2D eigenvalue weighted by Crippen LogP contribution is -2.07. The van der Waals surface area contributed by atoms with E-state index in [1.54, 1.807) is 0 Å². The topological polar surface area (TPSA) is 28.7 Å². The first-order valence-corrected chi connectivity index (χ1v) is 4.16. The molecule has 1 aromatic carbocycles. The van der Waals surface area contributed by atoms with Gasteiger partial charge >= 0.3 is 6.18 Å². The largest absolute Gasteiger partial charge is 0.417 e. The molecule has 0 saturated heterocycles. The molecule has 0 bridgehead atoms. The maximum absolute atomic E-state index is 12.6. The molecule has 5 heteroatoms. The molecule has 77 valence electrons. The Labute approximate surface area is 83.8 Å². The third-order valence-corrected chi connectivity index (χ3v) is 1.90. The number of imidazole rings is 1. The van der Waals surface area contributed by atoms with Crippen LogP contribution < -0.4 is 0 Å². The van der Waals surface area contributed by atoms with Crippen molar-refractivity contribution in [2.75, 3.05) is 0 Å². The number of benzene rings is 1. The van der Waals surface area contributed by atoms with Gasteiger partial charge in [-0.25, -0.2) is 4.98 Å². The Balaban J connectivity index is 2.58. The van der Waals surface area contributed by atoms with E-state index in [0.29, 0.717) is 0 Å². The van der Waals surface area contributed by atoms with E-state index in [4.69, 9.17) is 0 Å². The Hall–Kier alpha value is -1.78. The second kappa shape index (κ2) is 3.42. The van der Waals surface area contributed by atoms with E-state index < -0.39 is 11.7 Å². The number of nitrogens with one attached hydrogen (secondary N) is 1. The number of H-pyrrole nitrogens is 1. The van der Waals surface area contributed by atoms with Crippen molar-refractivity contribution in [2.45, 2.75) is 6.18 Å². The van der Waals surface area contributed by atoms with E-state index in [0.717, 1.165) is 6.07 Å². The lowest BCUT2D eigenvalue weighted by Gasteiger charge is -2.10. The molecule has 0 unspecified atom stereocenters. The normalized spacial score (nSPS) is 11.7. The molecule has 0 aliphatic carbocycles. The fraction of sp³-hybridized carbons (Fsp3) is 0.100. The standard InChI is InChI=1S/C10H6F3N2/c11-10(12,13)8-4-2-1-3-7(8)9-14-5-6-15-9/h1-2,4-6H,(H,14,15). The second-order valence-corrected chi connectivity index (χ2v) is 2.89. The van der Waals surface area contributed by atoms with Crippen LogP contribution in [0.1, 0.15) is 5.56 Å². The fourth-order valence-corrected chi connectivity index (χ4v) is 1.27. The van der Waals surface area contributed by atoms with Crippen molar-refractivity contribution < 1.29 is 13.2 Å². The van der Waals surface area contributed by atoms with Crippen molar-refractivity contribution >= 4 is 0 Å². The third kappa shape index (κ3) is 1.86. The number of hydrogen-bond donors (Lipinski definition) is 1. The number of hydrogen-bond acceptors (Lipinski definition) is 1. The molecule has 2 nitrogen and oxygen atoms in total. The predicted octanol–water partition coefficient (Wildman–Crippen LogP) is 2.90. The van der Waals surface area contributed by atoms with Crippen molar-refractivity contribution in [3.8, 4) is 11.4 Å². The molecule has 0 aliphatic rings.